The highest BCUT2D eigenvalue weighted by atomic mass is 19.1. The van der Waals surface area contributed by atoms with Crippen LogP contribution in [0.2, 0.25) is 0 Å². The highest BCUT2D eigenvalue weighted by Gasteiger charge is 2.29. The molecular weight excluding hydrogens is 367 g/mol. The molecule has 146 valence electrons. The number of benzene rings is 1. The number of rotatable bonds is 5. The molecule has 1 fully saturated rings. The Labute approximate surface area is 160 Å². The summed E-state index contributed by atoms with van der Waals surface area (Å²) in [6, 6.07) is 4.19. The first kappa shape index (κ1) is 18.1. The Morgan fingerprint density at radius 2 is 2.29 bits per heavy atom. The van der Waals surface area contributed by atoms with E-state index in [0.717, 1.165) is 6.42 Å². The molecule has 2 aromatic heterocycles. The monoisotopic (exact) mass is 386 g/mol. The van der Waals surface area contributed by atoms with Crippen LogP contribution in [0, 0.1) is 5.82 Å². The van der Waals surface area contributed by atoms with Crippen LogP contribution in [-0.2, 0) is 6.42 Å². The Bertz CT molecular complexity index is 1000. The van der Waals surface area contributed by atoms with Gasteiger partial charge in [0.1, 0.15) is 0 Å². The van der Waals surface area contributed by atoms with Crippen molar-refractivity contribution in [3.63, 3.8) is 0 Å². The van der Waals surface area contributed by atoms with Crippen molar-refractivity contribution in [2.75, 3.05) is 20.2 Å². The topological polar surface area (TPSA) is 99.2 Å². The lowest BCUT2D eigenvalue weighted by atomic mass is 10.2. The van der Waals surface area contributed by atoms with Gasteiger partial charge in [-0.2, -0.15) is 4.98 Å². The zero-order valence-electron chi connectivity index (χ0n) is 15.5. The summed E-state index contributed by atoms with van der Waals surface area (Å²) in [7, 11) is 1.38. The van der Waals surface area contributed by atoms with E-state index >= 15 is 0 Å². The molecule has 3 heterocycles. The minimum atomic E-state index is -0.559. The van der Waals surface area contributed by atoms with Crippen LogP contribution in [0.25, 0.3) is 11.6 Å². The van der Waals surface area contributed by atoms with Gasteiger partial charge in [-0.25, -0.2) is 9.07 Å². The number of amides is 1. The number of ether oxygens (including phenoxy) is 1. The van der Waals surface area contributed by atoms with Crippen LogP contribution in [-0.4, -0.2) is 56.1 Å². The molecule has 0 radical (unpaired) electrons. The zero-order chi connectivity index (χ0) is 19.7. The molecule has 9 nitrogen and oxygen atoms in total. The zero-order valence-corrected chi connectivity index (χ0v) is 15.5. The first-order chi connectivity index (χ1) is 13.6. The molecule has 0 N–H and O–H groups in total. The van der Waals surface area contributed by atoms with E-state index in [-0.39, 0.29) is 23.3 Å². The fourth-order valence-electron chi connectivity index (χ4n) is 3.18. The van der Waals surface area contributed by atoms with Crippen molar-refractivity contribution < 1.29 is 18.4 Å². The van der Waals surface area contributed by atoms with Gasteiger partial charge in [0.05, 0.1) is 19.3 Å². The molecule has 0 spiro atoms. The summed E-state index contributed by atoms with van der Waals surface area (Å²) in [4.78, 5) is 18.6. The number of halogens is 1. The Balaban J connectivity index is 1.45. The lowest BCUT2D eigenvalue weighted by Gasteiger charge is -2.17. The summed E-state index contributed by atoms with van der Waals surface area (Å²) in [6.07, 6.45) is 3.12. The standard InChI is InChI=1S/C18H19FN6O3/c1-3-16-20-17(28-22-16)14-10-25(23-21-14)12-6-7-24(9-12)18(26)11-4-5-15(27-2)13(19)8-11/h4-5,8,10,12H,3,6-7,9H2,1-2H3/t12-/m1/s1. The molecule has 0 saturated carbocycles. The number of nitrogens with zero attached hydrogens (tertiary/aromatic N) is 6. The number of methoxy groups -OCH3 is 1. The molecule has 1 atom stereocenters. The van der Waals surface area contributed by atoms with Crippen molar-refractivity contribution in [3.8, 4) is 17.3 Å². The second kappa shape index (κ2) is 7.37. The Morgan fingerprint density at radius 3 is 3.00 bits per heavy atom. The third kappa shape index (κ3) is 3.32. The van der Waals surface area contributed by atoms with E-state index in [1.165, 1.54) is 19.2 Å². The van der Waals surface area contributed by atoms with Gasteiger partial charge in [0.2, 0.25) is 0 Å². The SMILES string of the molecule is CCc1noc(-c2cn([C@@H]3CCN(C(=O)c4ccc(OC)c(F)c4)C3)nn2)n1. The average molecular weight is 386 g/mol. The summed E-state index contributed by atoms with van der Waals surface area (Å²) >= 11 is 0. The number of likely N-dealkylation sites (tertiary alicyclic amines) is 1. The van der Waals surface area contributed by atoms with Crippen molar-refractivity contribution in [2.24, 2.45) is 0 Å². The Kier molecular flexibility index (Phi) is 4.76. The second-order valence-corrected chi connectivity index (χ2v) is 6.50. The molecule has 1 aromatic carbocycles. The first-order valence-electron chi connectivity index (χ1n) is 8.96. The van der Waals surface area contributed by atoms with E-state index in [0.29, 0.717) is 36.9 Å². The molecule has 3 aromatic rings. The molecular formula is C18H19FN6O3. The molecule has 1 aliphatic rings. The minimum Gasteiger partial charge on any atom is -0.494 e. The number of aryl methyl sites for hydroxylation is 1. The van der Waals surface area contributed by atoms with Gasteiger partial charge in [-0.15, -0.1) is 5.10 Å². The summed E-state index contributed by atoms with van der Waals surface area (Å²) in [5.41, 5.74) is 0.783. The van der Waals surface area contributed by atoms with E-state index in [9.17, 15) is 9.18 Å². The molecule has 0 bridgehead atoms. The first-order valence-corrected chi connectivity index (χ1v) is 8.96. The van der Waals surface area contributed by atoms with Crippen molar-refractivity contribution in [1.29, 1.82) is 0 Å². The number of carbonyl (C=O) groups is 1. The third-order valence-corrected chi connectivity index (χ3v) is 4.74. The number of carbonyl (C=O) groups excluding carboxylic acids is 1. The highest BCUT2D eigenvalue weighted by Crippen LogP contribution is 2.25. The Hall–Kier alpha value is -3.30. The lowest BCUT2D eigenvalue weighted by Crippen LogP contribution is -2.29. The van der Waals surface area contributed by atoms with Gasteiger partial charge in [0, 0.05) is 25.1 Å². The van der Waals surface area contributed by atoms with Gasteiger partial charge in [-0.3, -0.25) is 4.79 Å². The van der Waals surface area contributed by atoms with E-state index in [1.807, 2.05) is 6.92 Å². The van der Waals surface area contributed by atoms with Crippen LogP contribution in [0.15, 0.2) is 28.9 Å². The van der Waals surface area contributed by atoms with Crippen molar-refractivity contribution in [2.45, 2.75) is 25.8 Å². The van der Waals surface area contributed by atoms with Crippen LogP contribution in [0.4, 0.5) is 4.39 Å². The predicted octanol–water partition coefficient (Wildman–Crippen LogP) is 2.13. The van der Waals surface area contributed by atoms with E-state index in [1.54, 1.807) is 21.8 Å². The van der Waals surface area contributed by atoms with E-state index in [2.05, 4.69) is 20.5 Å². The lowest BCUT2D eigenvalue weighted by molar-refractivity contribution is 0.0786. The predicted molar refractivity (Wildman–Crippen MR) is 95.2 cm³/mol. The van der Waals surface area contributed by atoms with E-state index in [4.69, 9.17) is 9.26 Å². The van der Waals surface area contributed by atoms with Crippen LogP contribution in [0.1, 0.15) is 35.6 Å². The third-order valence-electron chi connectivity index (χ3n) is 4.74. The summed E-state index contributed by atoms with van der Waals surface area (Å²) in [5, 5.41) is 12.1. The molecule has 10 heteroatoms. The van der Waals surface area contributed by atoms with Gasteiger partial charge >= 0.3 is 0 Å². The quantitative estimate of drug-likeness (QED) is 0.662. The molecule has 0 unspecified atom stereocenters. The van der Waals surface area contributed by atoms with Gasteiger partial charge < -0.3 is 14.2 Å². The van der Waals surface area contributed by atoms with E-state index < -0.39 is 5.82 Å². The van der Waals surface area contributed by atoms with Crippen LogP contribution >= 0.6 is 0 Å². The van der Waals surface area contributed by atoms with Gasteiger partial charge in [0.25, 0.3) is 11.8 Å². The van der Waals surface area contributed by atoms with Crippen molar-refractivity contribution in [1.82, 2.24) is 30.0 Å². The average Bonchev–Trinajstić information content (AvgIpc) is 3.46. The molecule has 1 amide bonds. The molecule has 28 heavy (non-hydrogen) atoms. The number of hydrogen-bond acceptors (Lipinski definition) is 7. The van der Waals surface area contributed by atoms with Gasteiger partial charge in [0.15, 0.2) is 23.1 Å². The maximum Gasteiger partial charge on any atom is 0.280 e. The normalized spacial score (nSPS) is 16.5. The molecule has 4 rings (SSSR count). The van der Waals surface area contributed by atoms with Crippen molar-refractivity contribution >= 4 is 5.91 Å². The maximum atomic E-state index is 13.9. The summed E-state index contributed by atoms with van der Waals surface area (Å²) < 4.78 is 25.7. The maximum absolute atomic E-state index is 13.9. The fraction of sp³-hybridized carbons (Fsp3) is 0.389. The van der Waals surface area contributed by atoms with Gasteiger partial charge in [-0.1, -0.05) is 17.3 Å². The fourth-order valence-corrected chi connectivity index (χ4v) is 3.18. The molecule has 1 saturated heterocycles. The Morgan fingerprint density at radius 1 is 1.43 bits per heavy atom. The minimum absolute atomic E-state index is 0.0261. The second-order valence-electron chi connectivity index (χ2n) is 6.50. The smallest absolute Gasteiger partial charge is 0.280 e. The van der Waals surface area contributed by atoms with Crippen LogP contribution in [0.3, 0.4) is 0 Å². The largest absolute Gasteiger partial charge is 0.494 e. The molecule has 0 aliphatic carbocycles. The molecule has 1 aliphatic heterocycles. The number of hydrogen-bond donors (Lipinski definition) is 0. The van der Waals surface area contributed by atoms with Crippen molar-refractivity contribution in [3.05, 3.63) is 41.6 Å². The summed E-state index contributed by atoms with van der Waals surface area (Å²) in [5.74, 6) is 0.250. The van der Waals surface area contributed by atoms with Gasteiger partial charge in [-0.05, 0) is 24.6 Å². The van der Waals surface area contributed by atoms with Crippen LogP contribution in [0.5, 0.6) is 5.75 Å². The highest BCUT2D eigenvalue weighted by molar-refractivity contribution is 5.94. The summed E-state index contributed by atoms with van der Waals surface area (Å²) in [6.45, 7) is 2.94. The number of aromatic nitrogens is 5. The van der Waals surface area contributed by atoms with Crippen LogP contribution < -0.4 is 4.74 Å².